The Labute approximate surface area is 121 Å². The summed E-state index contributed by atoms with van der Waals surface area (Å²) < 4.78 is 0. The van der Waals surface area contributed by atoms with Gasteiger partial charge in [-0.05, 0) is 43.7 Å². The van der Waals surface area contributed by atoms with Crippen molar-refractivity contribution in [2.75, 3.05) is 13.1 Å². The first-order valence-corrected chi connectivity index (χ1v) is 7.50. The van der Waals surface area contributed by atoms with Gasteiger partial charge >= 0.3 is 6.03 Å². The summed E-state index contributed by atoms with van der Waals surface area (Å²) in [6.45, 7) is 3.83. The third-order valence-corrected chi connectivity index (χ3v) is 4.37. The van der Waals surface area contributed by atoms with E-state index in [0.717, 1.165) is 32.2 Å². The molecule has 0 atom stereocenters. The van der Waals surface area contributed by atoms with Crippen LogP contribution in [0, 0.1) is 5.92 Å². The molecule has 1 fully saturated rings. The molecule has 0 bridgehead atoms. The molecule has 0 aliphatic heterocycles. The first-order valence-electron chi connectivity index (χ1n) is 7.50. The number of carbonyl (C=O) groups is 1. The molecular formula is C16H25N3O. The minimum atomic E-state index is -0.420. The Morgan fingerprint density at radius 1 is 1.30 bits per heavy atom. The number of carbonyl (C=O) groups excluding carboxylic acids is 1. The van der Waals surface area contributed by atoms with Crippen molar-refractivity contribution in [2.45, 2.75) is 38.1 Å². The first-order chi connectivity index (χ1) is 9.66. The smallest absolute Gasteiger partial charge is 0.312 e. The SMILES string of the molecule is CCNC1(c2ccccc2)CCC(CNC(N)=O)CC1. The molecule has 0 aromatic heterocycles. The lowest BCUT2D eigenvalue weighted by Crippen LogP contribution is -2.46. The molecule has 4 heteroatoms. The second-order valence-corrected chi connectivity index (χ2v) is 5.67. The number of amides is 2. The predicted molar refractivity (Wildman–Crippen MR) is 81.3 cm³/mol. The summed E-state index contributed by atoms with van der Waals surface area (Å²) in [7, 11) is 0. The normalized spacial score (nSPS) is 26.1. The Hall–Kier alpha value is -1.55. The van der Waals surface area contributed by atoms with Crippen LogP contribution in [0.25, 0.3) is 0 Å². The monoisotopic (exact) mass is 275 g/mol. The summed E-state index contributed by atoms with van der Waals surface area (Å²) in [5.74, 6) is 0.540. The van der Waals surface area contributed by atoms with E-state index in [2.05, 4.69) is 47.9 Å². The van der Waals surface area contributed by atoms with Gasteiger partial charge in [-0.15, -0.1) is 0 Å². The number of hydrogen-bond acceptors (Lipinski definition) is 2. The Morgan fingerprint density at radius 3 is 2.50 bits per heavy atom. The van der Waals surface area contributed by atoms with Gasteiger partial charge in [0.2, 0.25) is 0 Å². The second-order valence-electron chi connectivity index (χ2n) is 5.67. The van der Waals surface area contributed by atoms with Gasteiger partial charge in [0.1, 0.15) is 0 Å². The molecule has 110 valence electrons. The fraction of sp³-hybridized carbons (Fsp3) is 0.562. The van der Waals surface area contributed by atoms with E-state index in [1.165, 1.54) is 5.56 Å². The van der Waals surface area contributed by atoms with Gasteiger partial charge in [-0.3, -0.25) is 0 Å². The van der Waals surface area contributed by atoms with E-state index in [0.29, 0.717) is 12.5 Å². The van der Waals surface area contributed by atoms with Crippen LogP contribution < -0.4 is 16.4 Å². The largest absolute Gasteiger partial charge is 0.352 e. The Kier molecular flexibility index (Phi) is 5.01. The molecule has 0 saturated heterocycles. The van der Waals surface area contributed by atoms with Crippen molar-refractivity contribution in [1.29, 1.82) is 0 Å². The lowest BCUT2D eigenvalue weighted by Gasteiger charge is -2.41. The first kappa shape index (κ1) is 14.9. The van der Waals surface area contributed by atoms with E-state index < -0.39 is 6.03 Å². The van der Waals surface area contributed by atoms with E-state index in [1.807, 2.05) is 0 Å². The van der Waals surface area contributed by atoms with Gasteiger partial charge < -0.3 is 16.4 Å². The van der Waals surface area contributed by atoms with Crippen LogP contribution in [0.2, 0.25) is 0 Å². The van der Waals surface area contributed by atoms with E-state index >= 15 is 0 Å². The Balaban J connectivity index is 2.01. The zero-order valence-corrected chi connectivity index (χ0v) is 12.2. The third-order valence-electron chi connectivity index (χ3n) is 4.37. The fourth-order valence-electron chi connectivity index (χ4n) is 3.28. The highest BCUT2D eigenvalue weighted by molar-refractivity contribution is 5.71. The molecule has 1 aliphatic carbocycles. The number of nitrogens with one attached hydrogen (secondary N) is 2. The van der Waals surface area contributed by atoms with Crippen molar-refractivity contribution in [3.05, 3.63) is 35.9 Å². The van der Waals surface area contributed by atoms with Gasteiger partial charge in [-0.2, -0.15) is 0 Å². The second kappa shape index (κ2) is 6.75. The van der Waals surface area contributed by atoms with Gasteiger partial charge in [0.05, 0.1) is 0 Å². The number of rotatable bonds is 5. The molecule has 0 heterocycles. The lowest BCUT2D eigenvalue weighted by atomic mass is 9.72. The maximum Gasteiger partial charge on any atom is 0.312 e. The quantitative estimate of drug-likeness (QED) is 0.772. The summed E-state index contributed by atoms with van der Waals surface area (Å²) in [6, 6.07) is 10.3. The standard InChI is InChI=1S/C16H25N3O/c1-2-19-16(14-6-4-3-5-7-14)10-8-13(9-11-16)12-18-15(17)20/h3-7,13,19H,2,8-12H2,1H3,(H3,17,18,20). The van der Waals surface area contributed by atoms with Crippen LogP contribution in [0.3, 0.4) is 0 Å². The molecule has 0 spiro atoms. The zero-order chi connectivity index (χ0) is 14.4. The summed E-state index contributed by atoms with van der Waals surface area (Å²) in [4.78, 5) is 10.8. The Bertz CT molecular complexity index is 425. The average Bonchev–Trinajstić information content (AvgIpc) is 2.48. The molecule has 4 N–H and O–H groups in total. The minimum absolute atomic E-state index is 0.0965. The maximum absolute atomic E-state index is 10.8. The molecule has 1 aliphatic rings. The maximum atomic E-state index is 10.8. The molecule has 4 nitrogen and oxygen atoms in total. The Morgan fingerprint density at radius 2 is 1.95 bits per heavy atom. The van der Waals surface area contributed by atoms with Crippen molar-refractivity contribution < 1.29 is 4.79 Å². The van der Waals surface area contributed by atoms with Crippen LogP contribution >= 0.6 is 0 Å². The summed E-state index contributed by atoms with van der Waals surface area (Å²) in [6.07, 6.45) is 4.44. The van der Waals surface area contributed by atoms with Gasteiger partial charge in [-0.25, -0.2) is 4.79 Å². The van der Waals surface area contributed by atoms with Gasteiger partial charge in [0, 0.05) is 12.1 Å². The van der Waals surface area contributed by atoms with Crippen molar-refractivity contribution >= 4 is 6.03 Å². The summed E-state index contributed by atoms with van der Waals surface area (Å²) >= 11 is 0. The highest BCUT2D eigenvalue weighted by Gasteiger charge is 2.35. The molecule has 1 saturated carbocycles. The zero-order valence-electron chi connectivity index (χ0n) is 12.2. The molecule has 1 aromatic rings. The highest BCUT2D eigenvalue weighted by Crippen LogP contribution is 2.39. The van der Waals surface area contributed by atoms with Crippen molar-refractivity contribution in [3.63, 3.8) is 0 Å². The van der Waals surface area contributed by atoms with Gasteiger partial charge in [0.25, 0.3) is 0 Å². The highest BCUT2D eigenvalue weighted by atomic mass is 16.2. The molecule has 2 rings (SSSR count). The minimum Gasteiger partial charge on any atom is -0.352 e. The number of nitrogens with two attached hydrogens (primary N) is 1. The molecule has 0 radical (unpaired) electrons. The van der Waals surface area contributed by atoms with E-state index in [-0.39, 0.29) is 5.54 Å². The topological polar surface area (TPSA) is 67.2 Å². The van der Waals surface area contributed by atoms with Crippen molar-refractivity contribution in [3.8, 4) is 0 Å². The van der Waals surface area contributed by atoms with Crippen LogP contribution in [0.15, 0.2) is 30.3 Å². The van der Waals surface area contributed by atoms with Gasteiger partial charge in [-0.1, -0.05) is 37.3 Å². The average molecular weight is 275 g/mol. The van der Waals surface area contributed by atoms with Crippen LogP contribution in [-0.4, -0.2) is 19.1 Å². The van der Waals surface area contributed by atoms with Crippen LogP contribution in [0.1, 0.15) is 38.2 Å². The number of primary amides is 1. The predicted octanol–water partition coefficient (Wildman–Crippen LogP) is 2.35. The number of hydrogen-bond donors (Lipinski definition) is 3. The van der Waals surface area contributed by atoms with Crippen LogP contribution in [0.5, 0.6) is 0 Å². The summed E-state index contributed by atoms with van der Waals surface area (Å²) in [5.41, 5.74) is 6.61. The van der Waals surface area contributed by atoms with Crippen LogP contribution in [-0.2, 0) is 5.54 Å². The molecular weight excluding hydrogens is 250 g/mol. The molecule has 20 heavy (non-hydrogen) atoms. The molecule has 0 unspecified atom stereocenters. The van der Waals surface area contributed by atoms with Crippen molar-refractivity contribution in [1.82, 2.24) is 10.6 Å². The van der Waals surface area contributed by atoms with E-state index in [9.17, 15) is 4.79 Å². The summed E-state index contributed by atoms with van der Waals surface area (Å²) in [5, 5.41) is 6.42. The number of urea groups is 1. The lowest BCUT2D eigenvalue weighted by molar-refractivity contribution is 0.188. The van der Waals surface area contributed by atoms with Crippen LogP contribution in [0.4, 0.5) is 4.79 Å². The third kappa shape index (κ3) is 3.51. The van der Waals surface area contributed by atoms with E-state index in [1.54, 1.807) is 0 Å². The van der Waals surface area contributed by atoms with E-state index in [4.69, 9.17) is 5.73 Å². The molecule has 2 amide bonds. The fourth-order valence-corrected chi connectivity index (χ4v) is 3.28. The van der Waals surface area contributed by atoms with Crippen molar-refractivity contribution in [2.24, 2.45) is 11.7 Å². The molecule has 1 aromatic carbocycles. The van der Waals surface area contributed by atoms with Gasteiger partial charge in [0.15, 0.2) is 0 Å². The number of benzene rings is 1.